The van der Waals surface area contributed by atoms with Gasteiger partial charge in [-0.15, -0.1) is 0 Å². The summed E-state index contributed by atoms with van der Waals surface area (Å²) in [5.41, 5.74) is 4.33. The molecule has 3 aromatic heterocycles. The summed E-state index contributed by atoms with van der Waals surface area (Å²) in [4.78, 5) is 13.5. The van der Waals surface area contributed by atoms with E-state index in [1.807, 2.05) is 24.5 Å². The Labute approximate surface area is 140 Å². The number of hydrogen-bond donors (Lipinski definition) is 0. The number of aryl methyl sites for hydroxylation is 2. The number of rotatable bonds is 6. The van der Waals surface area contributed by atoms with E-state index in [9.17, 15) is 0 Å². The Morgan fingerprint density at radius 2 is 1.48 bits per heavy atom. The molecule has 0 saturated carbocycles. The molecule has 3 heterocycles. The van der Waals surface area contributed by atoms with Crippen molar-refractivity contribution in [1.29, 1.82) is 0 Å². The van der Waals surface area contributed by atoms with Crippen molar-refractivity contribution in [2.75, 3.05) is 0 Å². The first-order chi connectivity index (χ1) is 11.3. The third-order valence-corrected chi connectivity index (χ3v) is 4.34. The van der Waals surface area contributed by atoms with Crippen LogP contribution in [0, 0.1) is 0 Å². The summed E-state index contributed by atoms with van der Waals surface area (Å²) in [6.45, 7) is 4.32. The van der Waals surface area contributed by atoms with Crippen LogP contribution in [0.25, 0.3) is 22.0 Å². The van der Waals surface area contributed by atoms with Crippen LogP contribution in [0.5, 0.6) is 0 Å². The van der Waals surface area contributed by atoms with E-state index in [1.54, 1.807) is 0 Å². The predicted molar refractivity (Wildman–Crippen MR) is 94.4 cm³/mol. The molecule has 0 spiro atoms. The molecule has 0 N–H and O–H groups in total. The minimum absolute atomic E-state index is 0.776. The van der Waals surface area contributed by atoms with Gasteiger partial charge in [0.25, 0.3) is 0 Å². The molecule has 0 saturated heterocycles. The van der Waals surface area contributed by atoms with Gasteiger partial charge in [-0.1, -0.05) is 26.7 Å². The summed E-state index contributed by atoms with van der Waals surface area (Å²) in [7, 11) is 0. The molecule has 0 aromatic carbocycles. The maximum Gasteiger partial charge on any atom is 0.173 e. The molecule has 0 aliphatic heterocycles. The maximum atomic E-state index is 4.71. The molecule has 5 heteroatoms. The lowest BCUT2D eigenvalue weighted by atomic mass is 10.1. The van der Waals surface area contributed by atoms with Crippen LogP contribution in [0.2, 0.25) is 0 Å². The SMILES string of the molecule is CCCc1cc(-c2nsc(-c3ccnc(CCC)c3)n2)ccn1. The predicted octanol–water partition coefficient (Wildman–Crippen LogP) is 4.57. The Morgan fingerprint density at radius 3 is 2.13 bits per heavy atom. The van der Waals surface area contributed by atoms with Crippen LogP contribution in [0.15, 0.2) is 36.7 Å². The Hall–Kier alpha value is -2.14. The van der Waals surface area contributed by atoms with E-state index < -0.39 is 0 Å². The second-order valence-corrected chi connectivity index (χ2v) is 6.25. The van der Waals surface area contributed by atoms with Crippen molar-refractivity contribution >= 4 is 11.5 Å². The van der Waals surface area contributed by atoms with Gasteiger partial charge in [-0.05, 0) is 48.6 Å². The van der Waals surface area contributed by atoms with Gasteiger partial charge in [0.2, 0.25) is 0 Å². The van der Waals surface area contributed by atoms with Crippen LogP contribution in [-0.4, -0.2) is 19.3 Å². The van der Waals surface area contributed by atoms with Gasteiger partial charge in [0.15, 0.2) is 5.82 Å². The molecular weight excluding hydrogens is 304 g/mol. The summed E-state index contributed by atoms with van der Waals surface area (Å²) >= 11 is 1.43. The van der Waals surface area contributed by atoms with Gasteiger partial charge in [-0.25, -0.2) is 4.98 Å². The molecule has 0 fully saturated rings. The lowest BCUT2D eigenvalue weighted by Crippen LogP contribution is -1.91. The summed E-state index contributed by atoms with van der Waals surface area (Å²) in [6, 6.07) is 8.17. The first-order valence-electron chi connectivity index (χ1n) is 8.04. The smallest absolute Gasteiger partial charge is 0.173 e. The van der Waals surface area contributed by atoms with Crippen molar-refractivity contribution in [2.24, 2.45) is 0 Å². The van der Waals surface area contributed by atoms with Crippen LogP contribution < -0.4 is 0 Å². The lowest BCUT2D eigenvalue weighted by molar-refractivity contribution is 0.882. The molecule has 3 rings (SSSR count). The van der Waals surface area contributed by atoms with Crippen molar-refractivity contribution in [3.05, 3.63) is 48.0 Å². The van der Waals surface area contributed by atoms with Crippen LogP contribution in [0.3, 0.4) is 0 Å². The van der Waals surface area contributed by atoms with Crippen molar-refractivity contribution < 1.29 is 0 Å². The number of pyridine rings is 2. The van der Waals surface area contributed by atoms with Gasteiger partial charge in [-0.3, -0.25) is 9.97 Å². The number of nitrogens with zero attached hydrogens (tertiary/aromatic N) is 4. The van der Waals surface area contributed by atoms with Crippen molar-refractivity contribution in [3.8, 4) is 22.0 Å². The van der Waals surface area contributed by atoms with Gasteiger partial charge in [0.05, 0.1) is 0 Å². The van der Waals surface area contributed by atoms with Crippen LogP contribution in [0.1, 0.15) is 38.1 Å². The lowest BCUT2D eigenvalue weighted by Gasteiger charge is -2.01. The first kappa shape index (κ1) is 15.7. The molecule has 23 heavy (non-hydrogen) atoms. The average Bonchev–Trinajstić information content (AvgIpc) is 3.06. The molecule has 0 atom stereocenters. The highest BCUT2D eigenvalue weighted by atomic mass is 32.1. The van der Waals surface area contributed by atoms with E-state index in [0.717, 1.165) is 59.0 Å². The zero-order valence-corrected chi connectivity index (χ0v) is 14.3. The van der Waals surface area contributed by atoms with Crippen molar-refractivity contribution in [2.45, 2.75) is 39.5 Å². The molecule has 0 aliphatic carbocycles. The topological polar surface area (TPSA) is 51.6 Å². The molecule has 0 radical (unpaired) electrons. The van der Waals surface area contributed by atoms with Crippen LogP contribution in [0.4, 0.5) is 0 Å². The van der Waals surface area contributed by atoms with E-state index in [-0.39, 0.29) is 0 Å². The summed E-state index contributed by atoms with van der Waals surface area (Å²) in [5, 5.41) is 0.939. The van der Waals surface area contributed by atoms with Gasteiger partial charge in [0.1, 0.15) is 5.01 Å². The first-order valence-corrected chi connectivity index (χ1v) is 8.81. The fourth-order valence-electron chi connectivity index (χ4n) is 2.47. The number of aromatic nitrogens is 4. The second-order valence-electron chi connectivity index (χ2n) is 5.49. The molecule has 118 valence electrons. The van der Waals surface area contributed by atoms with E-state index in [2.05, 4.69) is 40.3 Å². The normalized spacial score (nSPS) is 10.9. The minimum Gasteiger partial charge on any atom is -0.261 e. The van der Waals surface area contributed by atoms with Crippen molar-refractivity contribution in [3.63, 3.8) is 0 Å². The van der Waals surface area contributed by atoms with E-state index in [1.165, 1.54) is 11.5 Å². The Kier molecular flexibility index (Phi) is 5.08. The highest BCUT2D eigenvalue weighted by Crippen LogP contribution is 2.26. The monoisotopic (exact) mass is 324 g/mol. The maximum absolute atomic E-state index is 4.71. The van der Waals surface area contributed by atoms with Gasteiger partial charge < -0.3 is 0 Å². The highest BCUT2D eigenvalue weighted by Gasteiger charge is 2.10. The molecule has 4 nitrogen and oxygen atoms in total. The minimum atomic E-state index is 0.776. The third-order valence-electron chi connectivity index (χ3n) is 3.58. The van der Waals surface area contributed by atoms with Crippen molar-refractivity contribution in [1.82, 2.24) is 19.3 Å². The zero-order chi connectivity index (χ0) is 16.1. The average molecular weight is 324 g/mol. The fourth-order valence-corrected chi connectivity index (χ4v) is 3.15. The summed E-state index contributed by atoms with van der Waals surface area (Å²) in [6.07, 6.45) is 7.85. The standard InChI is InChI=1S/C18H20N4S/c1-3-5-15-11-13(7-9-19-15)17-21-18(23-22-17)14-8-10-20-16(12-14)6-4-2/h7-12H,3-6H2,1-2H3. The highest BCUT2D eigenvalue weighted by molar-refractivity contribution is 7.09. The second kappa shape index (κ2) is 7.42. The fraction of sp³-hybridized carbons (Fsp3) is 0.333. The summed E-state index contributed by atoms with van der Waals surface area (Å²) in [5.74, 6) is 0.776. The zero-order valence-electron chi connectivity index (χ0n) is 13.5. The molecule has 0 amide bonds. The van der Waals surface area contributed by atoms with Gasteiger partial charge in [-0.2, -0.15) is 4.37 Å². The largest absolute Gasteiger partial charge is 0.261 e. The number of hydrogen-bond acceptors (Lipinski definition) is 5. The van der Waals surface area contributed by atoms with Crippen LogP contribution >= 0.6 is 11.5 Å². The van der Waals surface area contributed by atoms with E-state index in [0.29, 0.717) is 0 Å². The molecule has 0 unspecified atom stereocenters. The van der Waals surface area contributed by atoms with E-state index in [4.69, 9.17) is 4.98 Å². The van der Waals surface area contributed by atoms with Gasteiger partial charge in [0, 0.05) is 34.9 Å². The summed E-state index contributed by atoms with van der Waals surface area (Å²) < 4.78 is 4.52. The van der Waals surface area contributed by atoms with Crippen LogP contribution in [-0.2, 0) is 12.8 Å². The van der Waals surface area contributed by atoms with Gasteiger partial charge >= 0.3 is 0 Å². The molecular formula is C18H20N4S. The molecule has 0 bridgehead atoms. The Bertz CT molecular complexity index is 718. The quantitative estimate of drug-likeness (QED) is 0.666. The third kappa shape index (κ3) is 3.79. The Balaban J connectivity index is 1.88. The molecule has 3 aromatic rings. The Morgan fingerprint density at radius 1 is 0.870 bits per heavy atom. The molecule has 0 aliphatic rings. The van der Waals surface area contributed by atoms with E-state index >= 15 is 0 Å².